The monoisotopic (exact) mass is 208 g/mol. The van der Waals surface area contributed by atoms with Crippen LogP contribution < -0.4 is 16.2 Å². The highest BCUT2D eigenvalue weighted by Gasteiger charge is 2.16. The number of benzene rings is 1. The van der Waals surface area contributed by atoms with E-state index < -0.39 is 5.91 Å². The summed E-state index contributed by atoms with van der Waals surface area (Å²) < 4.78 is 5.59. The van der Waals surface area contributed by atoms with Gasteiger partial charge in [0.2, 0.25) is 0 Å². The van der Waals surface area contributed by atoms with Gasteiger partial charge >= 0.3 is 0 Å². The van der Waals surface area contributed by atoms with E-state index in [1.165, 1.54) is 0 Å². The van der Waals surface area contributed by atoms with Crippen molar-refractivity contribution in [1.82, 2.24) is 0 Å². The van der Waals surface area contributed by atoms with Crippen molar-refractivity contribution in [2.75, 3.05) is 5.73 Å². The first-order valence-electron chi connectivity index (χ1n) is 4.68. The number of carbonyl (C=O) groups is 1. The quantitative estimate of drug-likeness (QED) is 0.724. The normalized spacial score (nSPS) is 11.1. The Bertz CT molecular complexity index is 381. The molecular weight excluding hydrogens is 192 g/mol. The van der Waals surface area contributed by atoms with Crippen LogP contribution in [0.15, 0.2) is 18.2 Å². The zero-order valence-electron chi connectivity index (χ0n) is 9.20. The summed E-state index contributed by atoms with van der Waals surface area (Å²) in [4.78, 5) is 11.0. The number of hydrogen-bond acceptors (Lipinski definition) is 3. The van der Waals surface area contributed by atoms with E-state index in [0.717, 1.165) is 0 Å². The predicted molar refractivity (Wildman–Crippen MR) is 59.8 cm³/mol. The lowest BCUT2D eigenvalue weighted by atomic mass is 10.1. The third-order valence-electron chi connectivity index (χ3n) is 1.75. The average Bonchev–Trinajstić information content (AvgIpc) is 2.05. The first-order chi connectivity index (χ1) is 6.81. The molecule has 1 aromatic rings. The lowest BCUT2D eigenvalue weighted by Crippen LogP contribution is -2.24. The predicted octanol–water partition coefficient (Wildman–Crippen LogP) is 1.54. The van der Waals surface area contributed by atoms with Crippen LogP contribution >= 0.6 is 0 Å². The molecule has 0 fully saturated rings. The Morgan fingerprint density at radius 3 is 2.40 bits per heavy atom. The maximum atomic E-state index is 11.0. The molecule has 0 aliphatic carbocycles. The first kappa shape index (κ1) is 11.4. The molecular formula is C11H16N2O2. The minimum absolute atomic E-state index is 0.289. The molecule has 0 aliphatic heterocycles. The van der Waals surface area contributed by atoms with Crippen LogP contribution in [0.3, 0.4) is 0 Å². The van der Waals surface area contributed by atoms with Gasteiger partial charge in [0.25, 0.3) is 5.91 Å². The fourth-order valence-corrected chi connectivity index (χ4v) is 1.18. The highest BCUT2D eigenvalue weighted by Crippen LogP contribution is 2.28. The van der Waals surface area contributed by atoms with Gasteiger partial charge in [-0.3, -0.25) is 4.79 Å². The van der Waals surface area contributed by atoms with Gasteiger partial charge in [0, 0.05) is 0 Å². The number of primary amides is 1. The molecule has 4 N–H and O–H groups in total. The molecule has 0 saturated heterocycles. The number of para-hydroxylation sites is 1. The van der Waals surface area contributed by atoms with Crippen molar-refractivity contribution >= 4 is 11.6 Å². The standard InChI is InChI=1S/C11H16N2O2/c1-11(2,3)15-8-6-4-5-7(9(8)12)10(13)14/h4-6H,12H2,1-3H3,(H2,13,14). The molecule has 0 atom stereocenters. The van der Waals surface area contributed by atoms with E-state index in [9.17, 15) is 4.79 Å². The molecule has 0 saturated carbocycles. The van der Waals surface area contributed by atoms with Gasteiger partial charge in [-0.1, -0.05) is 6.07 Å². The SMILES string of the molecule is CC(C)(C)Oc1cccc(C(N)=O)c1N. The summed E-state index contributed by atoms with van der Waals surface area (Å²) in [5.41, 5.74) is 11.2. The Kier molecular flexibility index (Phi) is 2.88. The maximum Gasteiger partial charge on any atom is 0.250 e. The maximum absolute atomic E-state index is 11.0. The fourth-order valence-electron chi connectivity index (χ4n) is 1.18. The zero-order chi connectivity index (χ0) is 11.6. The third-order valence-corrected chi connectivity index (χ3v) is 1.75. The second-order valence-corrected chi connectivity index (χ2v) is 4.30. The van der Waals surface area contributed by atoms with Crippen LogP contribution in [0.1, 0.15) is 31.1 Å². The van der Waals surface area contributed by atoms with Crippen molar-refractivity contribution < 1.29 is 9.53 Å². The summed E-state index contributed by atoms with van der Waals surface area (Å²) >= 11 is 0. The smallest absolute Gasteiger partial charge is 0.250 e. The van der Waals surface area contributed by atoms with Crippen LogP contribution in [-0.4, -0.2) is 11.5 Å². The van der Waals surface area contributed by atoms with Gasteiger partial charge < -0.3 is 16.2 Å². The van der Waals surface area contributed by atoms with Crippen molar-refractivity contribution in [3.05, 3.63) is 23.8 Å². The molecule has 1 rings (SSSR count). The van der Waals surface area contributed by atoms with E-state index in [-0.39, 0.29) is 11.2 Å². The number of hydrogen-bond donors (Lipinski definition) is 2. The number of anilines is 1. The van der Waals surface area contributed by atoms with Gasteiger partial charge in [-0.25, -0.2) is 0 Å². The molecule has 15 heavy (non-hydrogen) atoms. The van der Waals surface area contributed by atoms with Crippen molar-refractivity contribution in [2.24, 2.45) is 5.73 Å². The minimum atomic E-state index is -0.549. The van der Waals surface area contributed by atoms with Gasteiger partial charge in [0.05, 0.1) is 11.3 Å². The van der Waals surface area contributed by atoms with E-state index in [0.29, 0.717) is 11.4 Å². The largest absolute Gasteiger partial charge is 0.486 e. The Balaban J connectivity index is 3.10. The summed E-state index contributed by atoms with van der Waals surface area (Å²) in [7, 11) is 0. The number of amides is 1. The molecule has 1 amide bonds. The highest BCUT2D eigenvalue weighted by atomic mass is 16.5. The number of nitrogens with two attached hydrogens (primary N) is 2. The van der Waals surface area contributed by atoms with E-state index >= 15 is 0 Å². The zero-order valence-corrected chi connectivity index (χ0v) is 9.20. The van der Waals surface area contributed by atoms with Crippen LogP contribution in [0.4, 0.5) is 5.69 Å². The van der Waals surface area contributed by atoms with Gasteiger partial charge in [0.1, 0.15) is 11.4 Å². The molecule has 0 radical (unpaired) electrons. The van der Waals surface area contributed by atoms with E-state index in [1.807, 2.05) is 20.8 Å². The number of rotatable bonds is 2. The van der Waals surface area contributed by atoms with Crippen molar-refractivity contribution in [1.29, 1.82) is 0 Å². The molecule has 4 heteroatoms. The van der Waals surface area contributed by atoms with Gasteiger partial charge in [-0.2, -0.15) is 0 Å². The molecule has 0 heterocycles. The van der Waals surface area contributed by atoms with E-state index in [2.05, 4.69) is 0 Å². The summed E-state index contributed by atoms with van der Waals surface area (Å²) in [5, 5.41) is 0. The van der Waals surface area contributed by atoms with Gasteiger partial charge in [0.15, 0.2) is 0 Å². The van der Waals surface area contributed by atoms with Crippen molar-refractivity contribution in [2.45, 2.75) is 26.4 Å². The Labute approximate surface area is 89.2 Å². The Hall–Kier alpha value is -1.71. The highest BCUT2D eigenvalue weighted by molar-refractivity contribution is 5.99. The van der Waals surface area contributed by atoms with Crippen molar-refractivity contribution in [3.8, 4) is 5.75 Å². The van der Waals surface area contributed by atoms with Crippen molar-refractivity contribution in [3.63, 3.8) is 0 Å². The molecule has 0 aliphatic rings. The molecule has 82 valence electrons. The average molecular weight is 208 g/mol. The molecule has 0 unspecified atom stereocenters. The molecule has 0 spiro atoms. The molecule has 0 aromatic heterocycles. The molecule has 0 bridgehead atoms. The topological polar surface area (TPSA) is 78.3 Å². The summed E-state index contributed by atoms with van der Waals surface area (Å²) in [6.07, 6.45) is 0. The van der Waals surface area contributed by atoms with Gasteiger partial charge in [-0.05, 0) is 32.9 Å². The van der Waals surface area contributed by atoms with Crippen LogP contribution in [0.25, 0.3) is 0 Å². The summed E-state index contributed by atoms with van der Waals surface area (Å²) in [5.74, 6) is -0.0642. The lowest BCUT2D eigenvalue weighted by Gasteiger charge is -2.22. The number of nitrogen functional groups attached to an aromatic ring is 1. The lowest BCUT2D eigenvalue weighted by molar-refractivity contribution is 0.0998. The van der Waals surface area contributed by atoms with Crippen LogP contribution in [0, 0.1) is 0 Å². The molecule has 1 aromatic carbocycles. The van der Waals surface area contributed by atoms with Crippen LogP contribution in [-0.2, 0) is 0 Å². The Morgan fingerprint density at radius 1 is 1.33 bits per heavy atom. The first-order valence-corrected chi connectivity index (χ1v) is 4.68. The van der Waals surface area contributed by atoms with E-state index in [1.54, 1.807) is 18.2 Å². The summed E-state index contributed by atoms with van der Waals surface area (Å²) in [6, 6.07) is 4.98. The second-order valence-electron chi connectivity index (χ2n) is 4.30. The third kappa shape index (κ3) is 2.87. The number of carbonyl (C=O) groups excluding carboxylic acids is 1. The fraction of sp³-hybridized carbons (Fsp3) is 0.364. The van der Waals surface area contributed by atoms with Gasteiger partial charge in [-0.15, -0.1) is 0 Å². The Morgan fingerprint density at radius 2 is 1.93 bits per heavy atom. The van der Waals surface area contributed by atoms with E-state index in [4.69, 9.17) is 16.2 Å². The van der Waals surface area contributed by atoms with Crippen LogP contribution in [0.2, 0.25) is 0 Å². The number of ether oxygens (including phenoxy) is 1. The molecule has 4 nitrogen and oxygen atoms in total. The van der Waals surface area contributed by atoms with Crippen LogP contribution in [0.5, 0.6) is 5.75 Å². The second kappa shape index (κ2) is 3.81. The summed E-state index contributed by atoms with van der Waals surface area (Å²) in [6.45, 7) is 5.72. The minimum Gasteiger partial charge on any atom is -0.486 e.